The van der Waals surface area contributed by atoms with E-state index in [1.54, 1.807) is 13.0 Å². The molecule has 0 fully saturated rings. The van der Waals surface area contributed by atoms with E-state index in [0.717, 1.165) is 5.56 Å². The quantitative estimate of drug-likeness (QED) is 0.934. The second kappa shape index (κ2) is 5.42. The van der Waals surface area contributed by atoms with E-state index in [-0.39, 0.29) is 5.76 Å². The van der Waals surface area contributed by atoms with Crippen LogP contribution in [0.25, 0.3) is 11.3 Å². The summed E-state index contributed by atoms with van der Waals surface area (Å²) >= 11 is 6.14. The van der Waals surface area contributed by atoms with E-state index in [9.17, 15) is 4.79 Å². The normalized spacial score (nSPS) is 10.4. The largest absolute Gasteiger partial charge is 0.493 e. The van der Waals surface area contributed by atoms with Crippen LogP contribution < -0.4 is 9.47 Å². The average Bonchev–Trinajstić information content (AvgIpc) is 2.90. The van der Waals surface area contributed by atoms with Crippen LogP contribution in [0.15, 0.2) is 16.7 Å². The first kappa shape index (κ1) is 14.2. The molecule has 0 bridgehead atoms. The standard InChI is InChI=1S/C13H12ClNO5/c1-6-8(14)4-7(12(19-3)11(6)18-2)9-5-10(13(16)17)20-15-9/h4-5H,1-3H3,(H,16,17). The predicted molar refractivity (Wildman–Crippen MR) is 71.7 cm³/mol. The van der Waals surface area contributed by atoms with Crippen molar-refractivity contribution in [3.63, 3.8) is 0 Å². The minimum Gasteiger partial charge on any atom is -0.493 e. The summed E-state index contributed by atoms with van der Waals surface area (Å²) in [5.41, 5.74) is 1.52. The van der Waals surface area contributed by atoms with Crippen LogP contribution in [0.4, 0.5) is 0 Å². The highest BCUT2D eigenvalue weighted by atomic mass is 35.5. The molecule has 0 aliphatic heterocycles. The van der Waals surface area contributed by atoms with E-state index >= 15 is 0 Å². The van der Waals surface area contributed by atoms with Gasteiger partial charge in [0.1, 0.15) is 5.69 Å². The molecule has 0 saturated heterocycles. The highest BCUT2D eigenvalue weighted by Crippen LogP contribution is 2.43. The number of nitrogens with zero attached hydrogens (tertiary/aromatic N) is 1. The van der Waals surface area contributed by atoms with E-state index in [0.29, 0.717) is 27.8 Å². The van der Waals surface area contributed by atoms with Crippen molar-refractivity contribution >= 4 is 17.6 Å². The molecule has 1 aromatic heterocycles. The Balaban J connectivity index is 2.66. The number of rotatable bonds is 4. The molecule has 0 aliphatic rings. The van der Waals surface area contributed by atoms with Crippen LogP contribution in [0.3, 0.4) is 0 Å². The van der Waals surface area contributed by atoms with Crippen molar-refractivity contribution in [1.29, 1.82) is 0 Å². The van der Waals surface area contributed by atoms with Crippen molar-refractivity contribution in [2.75, 3.05) is 14.2 Å². The van der Waals surface area contributed by atoms with E-state index in [1.165, 1.54) is 20.3 Å². The van der Waals surface area contributed by atoms with Crippen LogP contribution in [0.1, 0.15) is 16.1 Å². The lowest BCUT2D eigenvalue weighted by Crippen LogP contribution is -1.97. The molecule has 2 rings (SSSR count). The summed E-state index contributed by atoms with van der Waals surface area (Å²) in [6.07, 6.45) is 0. The van der Waals surface area contributed by atoms with Crippen LogP contribution in [-0.2, 0) is 0 Å². The molecule has 7 heteroatoms. The number of hydrogen-bond donors (Lipinski definition) is 1. The van der Waals surface area contributed by atoms with Gasteiger partial charge in [-0.05, 0) is 13.0 Å². The zero-order valence-electron chi connectivity index (χ0n) is 11.1. The Kier molecular flexibility index (Phi) is 3.85. The number of ether oxygens (including phenoxy) is 2. The first-order valence-electron chi connectivity index (χ1n) is 5.61. The molecule has 0 radical (unpaired) electrons. The van der Waals surface area contributed by atoms with Crippen molar-refractivity contribution in [2.24, 2.45) is 0 Å². The number of carbonyl (C=O) groups is 1. The van der Waals surface area contributed by atoms with Gasteiger partial charge < -0.3 is 19.1 Å². The highest BCUT2D eigenvalue weighted by molar-refractivity contribution is 6.32. The second-order valence-corrected chi connectivity index (χ2v) is 4.39. The average molecular weight is 298 g/mol. The third-order valence-corrected chi connectivity index (χ3v) is 3.22. The fourth-order valence-corrected chi connectivity index (χ4v) is 2.04. The van der Waals surface area contributed by atoms with Crippen molar-refractivity contribution in [3.8, 4) is 22.8 Å². The van der Waals surface area contributed by atoms with Crippen molar-refractivity contribution in [2.45, 2.75) is 6.92 Å². The smallest absolute Gasteiger partial charge is 0.374 e. The summed E-state index contributed by atoms with van der Waals surface area (Å²) in [5, 5.41) is 13.0. The maximum absolute atomic E-state index is 10.8. The summed E-state index contributed by atoms with van der Waals surface area (Å²) in [5.74, 6) is -0.583. The molecule has 0 aliphatic carbocycles. The summed E-state index contributed by atoms with van der Waals surface area (Å²) < 4.78 is 15.3. The summed E-state index contributed by atoms with van der Waals surface area (Å²) in [6, 6.07) is 2.92. The zero-order valence-corrected chi connectivity index (χ0v) is 11.8. The summed E-state index contributed by atoms with van der Waals surface area (Å²) in [7, 11) is 2.98. The van der Waals surface area contributed by atoms with Gasteiger partial charge in [-0.3, -0.25) is 0 Å². The topological polar surface area (TPSA) is 81.8 Å². The van der Waals surface area contributed by atoms with Crippen LogP contribution in [-0.4, -0.2) is 30.5 Å². The Bertz CT molecular complexity index is 665. The van der Waals surface area contributed by atoms with Crippen LogP contribution >= 0.6 is 11.6 Å². The molecule has 2 aromatic rings. The predicted octanol–water partition coefficient (Wildman–Crippen LogP) is 3.02. The Morgan fingerprint density at radius 1 is 1.30 bits per heavy atom. The lowest BCUT2D eigenvalue weighted by molar-refractivity contribution is 0.0652. The van der Waals surface area contributed by atoms with Gasteiger partial charge in [0.15, 0.2) is 11.5 Å². The van der Waals surface area contributed by atoms with E-state index in [2.05, 4.69) is 5.16 Å². The number of carboxylic acids is 1. The maximum Gasteiger partial charge on any atom is 0.374 e. The monoisotopic (exact) mass is 297 g/mol. The van der Waals surface area contributed by atoms with E-state index in [1.807, 2.05) is 0 Å². The number of aromatic nitrogens is 1. The molecule has 1 N–H and O–H groups in total. The number of aromatic carboxylic acids is 1. The summed E-state index contributed by atoms with van der Waals surface area (Å²) in [6.45, 7) is 1.79. The van der Waals surface area contributed by atoms with Crippen LogP contribution in [0.2, 0.25) is 5.02 Å². The number of carboxylic acid groups (broad SMARTS) is 1. The Labute approximate surface area is 119 Å². The van der Waals surface area contributed by atoms with Gasteiger partial charge in [0, 0.05) is 16.7 Å². The van der Waals surface area contributed by atoms with Gasteiger partial charge in [0.2, 0.25) is 5.76 Å². The first-order valence-corrected chi connectivity index (χ1v) is 5.98. The van der Waals surface area contributed by atoms with Gasteiger partial charge in [0.05, 0.1) is 19.8 Å². The Morgan fingerprint density at radius 3 is 2.45 bits per heavy atom. The van der Waals surface area contributed by atoms with Gasteiger partial charge in [-0.2, -0.15) is 0 Å². The van der Waals surface area contributed by atoms with Crippen molar-refractivity contribution in [3.05, 3.63) is 28.5 Å². The molecular formula is C13H12ClNO5. The Morgan fingerprint density at radius 2 is 1.95 bits per heavy atom. The third kappa shape index (κ3) is 2.30. The minimum absolute atomic E-state index is 0.266. The van der Waals surface area contributed by atoms with E-state index in [4.69, 9.17) is 30.7 Å². The maximum atomic E-state index is 10.8. The molecule has 0 unspecified atom stereocenters. The fourth-order valence-electron chi connectivity index (χ4n) is 1.84. The second-order valence-electron chi connectivity index (χ2n) is 3.98. The van der Waals surface area contributed by atoms with Gasteiger partial charge in [0.25, 0.3) is 0 Å². The van der Waals surface area contributed by atoms with Gasteiger partial charge in [-0.15, -0.1) is 0 Å². The number of hydrogen-bond acceptors (Lipinski definition) is 5. The third-order valence-electron chi connectivity index (χ3n) is 2.83. The number of benzene rings is 1. The van der Waals surface area contributed by atoms with Crippen LogP contribution in [0.5, 0.6) is 11.5 Å². The molecule has 0 spiro atoms. The summed E-state index contributed by atoms with van der Waals surface area (Å²) in [4.78, 5) is 10.8. The SMILES string of the molecule is COc1c(-c2cc(C(=O)O)on2)cc(Cl)c(C)c1OC. The van der Waals surface area contributed by atoms with E-state index < -0.39 is 5.97 Å². The molecule has 1 aromatic carbocycles. The van der Waals surface area contributed by atoms with Gasteiger partial charge in [-0.25, -0.2) is 4.79 Å². The van der Waals surface area contributed by atoms with Crippen molar-refractivity contribution in [1.82, 2.24) is 5.16 Å². The number of methoxy groups -OCH3 is 2. The lowest BCUT2D eigenvalue weighted by atomic mass is 10.1. The molecule has 6 nitrogen and oxygen atoms in total. The molecule has 1 heterocycles. The zero-order chi connectivity index (χ0) is 14.9. The molecular weight excluding hydrogens is 286 g/mol. The number of halogens is 1. The van der Waals surface area contributed by atoms with Crippen LogP contribution in [0, 0.1) is 6.92 Å². The van der Waals surface area contributed by atoms with Crippen molar-refractivity contribution < 1.29 is 23.9 Å². The molecule has 20 heavy (non-hydrogen) atoms. The van der Waals surface area contributed by atoms with Gasteiger partial charge in [-0.1, -0.05) is 16.8 Å². The first-order chi connectivity index (χ1) is 9.49. The Hall–Kier alpha value is -2.21. The minimum atomic E-state index is -1.20. The lowest BCUT2D eigenvalue weighted by Gasteiger charge is -2.14. The van der Waals surface area contributed by atoms with Gasteiger partial charge >= 0.3 is 5.97 Å². The highest BCUT2D eigenvalue weighted by Gasteiger charge is 2.21. The molecule has 106 valence electrons. The molecule has 0 amide bonds. The molecule has 0 atom stereocenters. The fraction of sp³-hybridized carbons (Fsp3) is 0.231. The molecule has 0 saturated carbocycles.